The van der Waals surface area contributed by atoms with Crippen LogP contribution in [-0.2, 0) is 0 Å². The summed E-state index contributed by atoms with van der Waals surface area (Å²) in [6.45, 7) is 1.78. The Hall–Kier alpha value is -1.87. The van der Waals surface area contributed by atoms with Crippen molar-refractivity contribution in [3.05, 3.63) is 65.0 Å². The van der Waals surface area contributed by atoms with Gasteiger partial charge < -0.3 is 10.2 Å². The largest absolute Gasteiger partial charge is 0.378 e. The molecular weight excluding hydrogens is 251 g/mol. The molecule has 0 spiro atoms. The van der Waals surface area contributed by atoms with E-state index >= 15 is 0 Å². The number of nitrogens with zero attached hydrogens (tertiary/aromatic N) is 1. The van der Waals surface area contributed by atoms with Gasteiger partial charge in [-0.25, -0.2) is 4.39 Å². The molecule has 0 amide bonds. The van der Waals surface area contributed by atoms with Crippen LogP contribution in [0.25, 0.3) is 0 Å². The summed E-state index contributed by atoms with van der Waals surface area (Å²) in [5, 5.41) is 3.25. The van der Waals surface area contributed by atoms with E-state index in [0.717, 1.165) is 16.8 Å². The molecule has 2 aromatic rings. The zero-order valence-corrected chi connectivity index (χ0v) is 12.4. The zero-order valence-electron chi connectivity index (χ0n) is 12.4. The van der Waals surface area contributed by atoms with Crippen LogP contribution >= 0.6 is 0 Å². The van der Waals surface area contributed by atoms with Crippen LogP contribution in [0.2, 0.25) is 0 Å². The van der Waals surface area contributed by atoms with E-state index in [9.17, 15) is 4.39 Å². The van der Waals surface area contributed by atoms with Crippen molar-refractivity contribution in [2.45, 2.75) is 13.0 Å². The molecule has 0 saturated heterocycles. The van der Waals surface area contributed by atoms with Crippen LogP contribution in [0.3, 0.4) is 0 Å². The SMILES string of the molecule is CNC(c1ccc(N(C)C)cc1)c1ccc(C)c(F)c1. The molecule has 0 bridgehead atoms. The Labute approximate surface area is 120 Å². The molecular formula is C17H21FN2. The number of halogens is 1. The summed E-state index contributed by atoms with van der Waals surface area (Å²) in [5.41, 5.74) is 3.89. The molecule has 0 aliphatic rings. The van der Waals surface area contributed by atoms with E-state index in [1.54, 1.807) is 13.0 Å². The quantitative estimate of drug-likeness (QED) is 0.916. The van der Waals surface area contributed by atoms with Crippen molar-refractivity contribution in [1.29, 1.82) is 0 Å². The second-order valence-electron chi connectivity index (χ2n) is 5.22. The number of hydrogen-bond donors (Lipinski definition) is 1. The molecule has 1 unspecified atom stereocenters. The van der Waals surface area contributed by atoms with Gasteiger partial charge in [0.15, 0.2) is 0 Å². The van der Waals surface area contributed by atoms with E-state index in [1.165, 1.54) is 0 Å². The van der Waals surface area contributed by atoms with Crippen LogP contribution in [0.5, 0.6) is 0 Å². The van der Waals surface area contributed by atoms with Crippen molar-refractivity contribution in [1.82, 2.24) is 5.32 Å². The first-order chi connectivity index (χ1) is 9.52. The Balaban J connectivity index is 2.33. The Morgan fingerprint density at radius 2 is 1.60 bits per heavy atom. The fourth-order valence-electron chi connectivity index (χ4n) is 2.28. The average Bonchev–Trinajstić information content (AvgIpc) is 2.44. The average molecular weight is 272 g/mol. The summed E-state index contributed by atoms with van der Waals surface area (Å²) in [6.07, 6.45) is 0. The standard InChI is InChI=1S/C17H21FN2/c1-12-5-6-14(11-16(12)18)17(19-2)13-7-9-15(10-8-13)20(3)4/h5-11,17,19H,1-4H3. The molecule has 1 atom stereocenters. The summed E-state index contributed by atoms with van der Waals surface area (Å²) in [6, 6.07) is 13.7. The van der Waals surface area contributed by atoms with Gasteiger partial charge >= 0.3 is 0 Å². The van der Waals surface area contributed by atoms with Crippen molar-refractivity contribution in [3.8, 4) is 0 Å². The monoisotopic (exact) mass is 272 g/mol. The number of nitrogens with one attached hydrogen (secondary N) is 1. The molecule has 0 aliphatic carbocycles. The number of hydrogen-bond acceptors (Lipinski definition) is 2. The lowest BCUT2D eigenvalue weighted by Gasteiger charge is -2.19. The highest BCUT2D eigenvalue weighted by atomic mass is 19.1. The van der Waals surface area contributed by atoms with Crippen molar-refractivity contribution >= 4 is 5.69 Å². The molecule has 0 radical (unpaired) electrons. The maximum atomic E-state index is 13.7. The lowest BCUT2D eigenvalue weighted by Crippen LogP contribution is -2.18. The molecule has 0 heterocycles. The number of aryl methyl sites for hydroxylation is 1. The van der Waals surface area contributed by atoms with Gasteiger partial charge in [-0.3, -0.25) is 0 Å². The van der Waals surface area contributed by atoms with Crippen LogP contribution in [0.15, 0.2) is 42.5 Å². The van der Waals surface area contributed by atoms with Gasteiger partial charge in [-0.2, -0.15) is 0 Å². The molecule has 20 heavy (non-hydrogen) atoms. The number of rotatable bonds is 4. The van der Waals surface area contributed by atoms with Gasteiger partial charge in [0, 0.05) is 19.8 Å². The Bertz CT molecular complexity index is 576. The summed E-state index contributed by atoms with van der Waals surface area (Å²) in [5.74, 6) is -0.160. The van der Waals surface area contributed by atoms with Crippen molar-refractivity contribution in [2.24, 2.45) is 0 Å². The second-order valence-corrected chi connectivity index (χ2v) is 5.22. The minimum absolute atomic E-state index is 0.00122. The Morgan fingerprint density at radius 1 is 1.00 bits per heavy atom. The normalized spacial score (nSPS) is 12.2. The highest BCUT2D eigenvalue weighted by Gasteiger charge is 2.13. The van der Waals surface area contributed by atoms with Crippen molar-refractivity contribution < 1.29 is 4.39 Å². The fraction of sp³-hybridized carbons (Fsp3) is 0.294. The van der Waals surface area contributed by atoms with Crippen LogP contribution in [0.4, 0.5) is 10.1 Å². The lowest BCUT2D eigenvalue weighted by molar-refractivity contribution is 0.608. The van der Waals surface area contributed by atoms with Crippen LogP contribution in [-0.4, -0.2) is 21.1 Å². The molecule has 0 saturated carbocycles. The minimum atomic E-state index is -0.160. The van der Waals surface area contributed by atoms with E-state index < -0.39 is 0 Å². The minimum Gasteiger partial charge on any atom is -0.378 e. The first kappa shape index (κ1) is 14.5. The predicted octanol–water partition coefficient (Wildman–Crippen LogP) is 3.51. The predicted molar refractivity (Wildman–Crippen MR) is 82.8 cm³/mol. The van der Waals surface area contributed by atoms with E-state index in [1.807, 2.05) is 33.3 Å². The van der Waals surface area contributed by atoms with Crippen molar-refractivity contribution in [2.75, 3.05) is 26.0 Å². The first-order valence-electron chi connectivity index (χ1n) is 6.73. The van der Waals surface area contributed by atoms with Crippen LogP contribution < -0.4 is 10.2 Å². The highest BCUT2D eigenvalue weighted by molar-refractivity contribution is 5.47. The zero-order chi connectivity index (χ0) is 14.7. The van der Waals surface area contributed by atoms with Gasteiger partial charge in [-0.1, -0.05) is 24.3 Å². The van der Waals surface area contributed by atoms with E-state index in [0.29, 0.717) is 5.56 Å². The Kier molecular flexibility index (Phi) is 4.40. The van der Waals surface area contributed by atoms with E-state index in [-0.39, 0.29) is 11.9 Å². The van der Waals surface area contributed by atoms with Gasteiger partial charge in [0.05, 0.1) is 6.04 Å². The summed E-state index contributed by atoms with van der Waals surface area (Å²) >= 11 is 0. The first-order valence-corrected chi connectivity index (χ1v) is 6.73. The van der Waals surface area contributed by atoms with Gasteiger partial charge in [-0.05, 0) is 48.9 Å². The Morgan fingerprint density at radius 3 is 2.10 bits per heavy atom. The third-order valence-corrected chi connectivity index (χ3v) is 3.56. The summed E-state index contributed by atoms with van der Waals surface area (Å²) in [4.78, 5) is 2.06. The second kappa shape index (κ2) is 6.06. The smallest absolute Gasteiger partial charge is 0.126 e. The maximum absolute atomic E-state index is 13.7. The molecule has 106 valence electrons. The van der Waals surface area contributed by atoms with Crippen LogP contribution in [0, 0.1) is 12.7 Å². The molecule has 2 aromatic carbocycles. The molecule has 1 N–H and O–H groups in total. The fourth-order valence-corrected chi connectivity index (χ4v) is 2.28. The van der Waals surface area contributed by atoms with E-state index in [2.05, 4.69) is 34.5 Å². The van der Waals surface area contributed by atoms with E-state index in [4.69, 9.17) is 0 Å². The van der Waals surface area contributed by atoms with Gasteiger partial charge in [0.2, 0.25) is 0 Å². The third kappa shape index (κ3) is 2.99. The van der Waals surface area contributed by atoms with Gasteiger partial charge in [-0.15, -0.1) is 0 Å². The van der Waals surface area contributed by atoms with Crippen LogP contribution in [0.1, 0.15) is 22.7 Å². The molecule has 0 fully saturated rings. The number of benzene rings is 2. The summed E-state index contributed by atoms with van der Waals surface area (Å²) in [7, 11) is 5.92. The highest BCUT2D eigenvalue weighted by Crippen LogP contribution is 2.25. The van der Waals surface area contributed by atoms with Crippen molar-refractivity contribution in [3.63, 3.8) is 0 Å². The molecule has 0 aliphatic heterocycles. The van der Waals surface area contributed by atoms with Gasteiger partial charge in [0.25, 0.3) is 0 Å². The number of anilines is 1. The summed E-state index contributed by atoms with van der Waals surface area (Å²) < 4.78 is 13.7. The molecule has 0 aromatic heterocycles. The maximum Gasteiger partial charge on any atom is 0.126 e. The molecule has 3 heteroatoms. The third-order valence-electron chi connectivity index (χ3n) is 3.56. The topological polar surface area (TPSA) is 15.3 Å². The van der Waals surface area contributed by atoms with Gasteiger partial charge in [0.1, 0.15) is 5.82 Å². The lowest BCUT2D eigenvalue weighted by atomic mass is 9.97. The molecule has 2 rings (SSSR count). The molecule has 2 nitrogen and oxygen atoms in total.